The molecular weight excluding hydrogens is 428 g/mol. The predicted octanol–water partition coefficient (Wildman–Crippen LogP) is 4.56. The number of ether oxygens (including phenoxy) is 1. The van der Waals surface area contributed by atoms with E-state index in [4.69, 9.17) is 4.74 Å². The van der Waals surface area contributed by atoms with Gasteiger partial charge >= 0.3 is 11.9 Å². The number of aromatic nitrogens is 4. The van der Waals surface area contributed by atoms with Gasteiger partial charge in [0.1, 0.15) is 10.7 Å². The van der Waals surface area contributed by atoms with Gasteiger partial charge in [0.05, 0.1) is 12.2 Å². The number of esters is 1. The largest absolute Gasteiger partial charge is 0.477 e. The van der Waals surface area contributed by atoms with Crippen LogP contribution in [0.4, 0.5) is 0 Å². The van der Waals surface area contributed by atoms with Gasteiger partial charge in [0.15, 0.2) is 0 Å². The third-order valence-corrected chi connectivity index (χ3v) is 5.68. The zero-order valence-electron chi connectivity index (χ0n) is 18.5. The quantitative estimate of drug-likeness (QED) is 0.277. The van der Waals surface area contributed by atoms with Gasteiger partial charge in [-0.15, -0.1) is 5.10 Å². The molecule has 0 radical (unpaired) electrons. The Balaban J connectivity index is 1.89. The smallest absolute Gasteiger partial charge is 0.342 e. The average molecular weight is 455 g/mol. The highest BCUT2D eigenvalue weighted by molar-refractivity contribution is 8.04. The van der Waals surface area contributed by atoms with Crippen LogP contribution in [-0.2, 0) is 16.0 Å². The predicted molar refractivity (Wildman–Crippen MR) is 123 cm³/mol. The maximum Gasteiger partial charge on any atom is 0.342 e. The number of nitrogens with one attached hydrogen (secondary N) is 1. The van der Waals surface area contributed by atoms with E-state index in [2.05, 4.69) is 15.2 Å². The number of benzene rings is 1. The summed E-state index contributed by atoms with van der Waals surface area (Å²) in [6, 6.07) is 9.05. The van der Waals surface area contributed by atoms with E-state index in [1.807, 2.05) is 43.5 Å². The highest BCUT2D eigenvalue weighted by atomic mass is 32.2. The first kappa shape index (κ1) is 23.3. The zero-order chi connectivity index (χ0) is 23.3. The standard InChI is InChI=1S/C23H26N4O4S/c1-5-7-20-24-23(26-25-20)32-19(21(28)29)13-17-12-14(3)27(15(17)4)18-10-8-16(9-11-18)22(30)31-6-2/h8-13H,5-7H2,1-4H3,(H,28,29)(H,24,25,26)/b19-13-. The summed E-state index contributed by atoms with van der Waals surface area (Å²) >= 11 is 1.02. The summed E-state index contributed by atoms with van der Waals surface area (Å²) in [4.78, 5) is 28.2. The molecular formula is C23H26N4O4S. The minimum Gasteiger partial charge on any atom is -0.477 e. The normalized spacial score (nSPS) is 11.6. The molecule has 0 fully saturated rings. The van der Waals surface area contributed by atoms with Crippen molar-refractivity contribution in [2.45, 2.75) is 45.7 Å². The van der Waals surface area contributed by atoms with Crippen molar-refractivity contribution in [2.24, 2.45) is 0 Å². The molecule has 0 amide bonds. The van der Waals surface area contributed by atoms with Crippen molar-refractivity contribution < 1.29 is 19.4 Å². The molecule has 0 aliphatic rings. The van der Waals surface area contributed by atoms with Crippen molar-refractivity contribution in [1.82, 2.24) is 19.7 Å². The summed E-state index contributed by atoms with van der Waals surface area (Å²) in [5, 5.41) is 17.0. The van der Waals surface area contributed by atoms with Crippen LogP contribution in [0.1, 0.15) is 53.4 Å². The van der Waals surface area contributed by atoms with Crippen LogP contribution in [0, 0.1) is 13.8 Å². The number of carboxylic acid groups (broad SMARTS) is 1. The van der Waals surface area contributed by atoms with Gasteiger partial charge in [0.25, 0.3) is 0 Å². The number of hydrogen-bond acceptors (Lipinski definition) is 6. The molecule has 168 valence electrons. The molecule has 8 nitrogen and oxygen atoms in total. The molecule has 0 atom stereocenters. The molecule has 0 saturated heterocycles. The minimum absolute atomic E-state index is 0.130. The number of thioether (sulfide) groups is 1. The van der Waals surface area contributed by atoms with Crippen molar-refractivity contribution in [3.05, 3.63) is 63.6 Å². The van der Waals surface area contributed by atoms with E-state index >= 15 is 0 Å². The molecule has 2 heterocycles. The molecule has 0 aliphatic heterocycles. The number of carbonyl (C=O) groups is 2. The molecule has 32 heavy (non-hydrogen) atoms. The maximum atomic E-state index is 11.9. The number of H-pyrrole nitrogens is 1. The Morgan fingerprint density at radius 3 is 2.56 bits per heavy atom. The number of aromatic amines is 1. The number of carbonyl (C=O) groups excluding carboxylic acids is 1. The van der Waals surface area contributed by atoms with Gasteiger partial charge in [-0.25, -0.2) is 14.6 Å². The van der Waals surface area contributed by atoms with Crippen LogP contribution in [0.3, 0.4) is 0 Å². The van der Waals surface area contributed by atoms with Gasteiger partial charge in [-0.1, -0.05) is 6.92 Å². The summed E-state index contributed by atoms with van der Waals surface area (Å²) in [6.07, 6.45) is 3.32. The van der Waals surface area contributed by atoms with E-state index in [9.17, 15) is 14.7 Å². The lowest BCUT2D eigenvalue weighted by Gasteiger charge is -2.10. The SMILES string of the molecule is CCCc1nc(S/C(=C\c2cc(C)n(-c3ccc(C(=O)OCC)cc3)c2C)C(=O)O)n[nH]1. The first-order chi connectivity index (χ1) is 15.3. The Kier molecular flexibility index (Phi) is 7.53. The molecule has 3 aromatic rings. The van der Waals surface area contributed by atoms with Crippen molar-refractivity contribution in [3.63, 3.8) is 0 Å². The van der Waals surface area contributed by atoms with E-state index in [0.29, 0.717) is 17.3 Å². The van der Waals surface area contributed by atoms with Crippen LogP contribution in [0.5, 0.6) is 0 Å². The third kappa shape index (κ3) is 5.28. The zero-order valence-corrected chi connectivity index (χ0v) is 19.3. The molecule has 2 aromatic heterocycles. The van der Waals surface area contributed by atoms with Gasteiger partial charge < -0.3 is 14.4 Å². The summed E-state index contributed by atoms with van der Waals surface area (Å²) < 4.78 is 7.04. The fourth-order valence-electron chi connectivity index (χ4n) is 3.34. The molecule has 9 heteroatoms. The van der Waals surface area contributed by atoms with Crippen LogP contribution in [0.15, 0.2) is 40.4 Å². The second-order valence-electron chi connectivity index (χ2n) is 7.16. The molecule has 2 N–H and O–H groups in total. The number of nitrogens with zero attached hydrogens (tertiary/aromatic N) is 3. The third-order valence-electron chi connectivity index (χ3n) is 4.80. The van der Waals surface area contributed by atoms with Crippen LogP contribution in [-0.4, -0.2) is 43.4 Å². The molecule has 3 rings (SSSR count). The molecule has 0 spiro atoms. The van der Waals surface area contributed by atoms with Crippen molar-refractivity contribution in [2.75, 3.05) is 6.61 Å². The van der Waals surface area contributed by atoms with Crippen LogP contribution < -0.4 is 0 Å². The first-order valence-electron chi connectivity index (χ1n) is 10.3. The molecule has 0 bridgehead atoms. The van der Waals surface area contributed by atoms with E-state index < -0.39 is 5.97 Å². The van der Waals surface area contributed by atoms with Crippen LogP contribution >= 0.6 is 11.8 Å². The average Bonchev–Trinajstić information content (AvgIpc) is 3.31. The highest BCUT2D eigenvalue weighted by Crippen LogP contribution is 2.29. The van der Waals surface area contributed by atoms with Crippen LogP contribution in [0.25, 0.3) is 11.8 Å². The second-order valence-corrected chi connectivity index (χ2v) is 8.17. The Hall–Kier alpha value is -3.33. The summed E-state index contributed by atoms with van der Waals surface area (Å²) in [6.45, 7) is 8.00. The van der Waals surface area contributed by atoms with Gasteiger partial charge in [0, 0.05) is 23.5 Å². The molecule has 1 aromatic carbocycles. The van der Waals surface area contributed by atoms with Crippen molar-refractivity contribution in [1.29, 1.82) is 0 Å². The summed E-state index contributed by atoms with van der Waals surface area (Å²) in [5.41, 5.74) is 3.96. The number of aliphatic carboxylic acids is 1. The Bertz CT molecular complexity index is 1150. The summed E-state index contributed by atoms with van der Waals surface area (Å²) in [5.74, 6) is -0.662. The molecule has 0 aliphatic carbocycles. The van der Waals surface area contributed by atoms with Crippen molar-refractivity contribution in [3.8, 4) is 5.69 Å². The topological polar surface area (TPSA) is 110 Å². The number of carboxylic acids is 1. The van der Waals surface area contributed by atoms with E-state index in [1.165, 1.54) is 0 Å². The van der Waals surface area contributed by atoms with Gasteiger partial charge in [-0.3, -0.25) is 5.10 Å². The maximum absolute atomic E-state index is 11.9. The lowest BCUT2D eigenvalue weighted by Crippen LogP contribution is -2.05. The fraction of sp³-hybridized carbons (Fsp3) is 0.304. The highest BCUT2D eigenvalue weighted by Gasteiger charge is 2.17. The van der Waals surface area contributed by atoms with Gasteiger partial charge in [0.2, 0.25) is 5.16 Å². The molecule has 0 unspecified atom stereocenters. The fourth-order valence-corrected chi connectivity index (χ4v) is 4.06. The van der Waals surface area contributed by atoms with E-state index in [-0.39, 0.29) is 10.9 Å². The number of hydrogen-bond donors (Lipinski definition) is 2. The van der Waals surface area contributed by atoms with Crippen molar-refractivity contribution >= 4 is 29.8 Å². The Morgan fingerprint density at radius 1 is 1.22 bits per heavy atom. The second kappa shape index (κ2) is 10.3. The van der Waals surface area contributed by atoms with Gasteiger partial charge in [-0.2, -0.15) is 0 Å². The minimum atomic E-state index is -1.04. The number of aryl methyl sites for hydroxylation is 2. The monoisotopic (exact) mass is 454 g/mol. The number of rotatable bonds is 9. The molecule has 0 saturated carbocycles. The van der Waals surface area contributed by atoms with Crippen LogP contribution in [0.2, 0.25) is 0 Å². The Morgan fingerprint density at radius 2 is 1.94 bits per heavy atom. The van der Waals surface area contributed by atoms with E-state index in [0.717, 1.165) is 53.1 Å². The summed E-state index contributed by atoms with van der Waals surface area (Å²) in [7, 11) is 0. The Labute approximate surface area is 190 Å². The lowest BCUT2D eigenvalue weighted by molar-refractivity contribution is -0.131. The lowest BCUT2D eigenvalue weighted by atomic mass is 10.2. The first-order valence-corrected chi connectivity index (χ1v) is 11.2. The van der Waals surface area contributed by atoms with Gasteiger partial charge in [-0.05, 0) is 80.9 Å². The van der Waals surface area contributed by atoms with E-state index in [1.54, 1.807) is 25.1 Å².